The van der Waals surface area contributed by atoms with Gasteiger partial charge in [0.1, 0.15) is 11.6 Å². The number of ether oxygens (including phenoxy) is 1. The van der Waals surface area contributed by atoms with Crippen molar-refractivity contribution in [3.05, 3.63) is 35.9 Å². The number of amides is 2. The van der Waals surface area contributed by atoms with E-state index in [-0.39, 0.29) is 18.0 Å². The third-order valence-electron chi connectivity index (χ3n) is 4.20. The summed E-state index contributed by atoms with van der Waals surface area (Å²) in [6.07, 6.45) is 2.03. The summed E-state index contributed by atoms with van der Waals surface area (Å²) in [4.78, 5) is 12.4. The quantitative estimate of drug-likeness (QED) is 0.884. The van der Waals surface area contributed by atoms with Gasteiger partial charge >= 0.3 is 6.03 Å². The fourth-order valence-corrected chi connectivity index (χ4v) is 2.94. The summed E-state index contributed by atoms with van der Waals surface area (Å²) in [5.41, 5.74) is 0.681. The molecule has 0 aliphatic carbocycles. The molecule has 0 saturated carbocycles. The van der Waals surface area contributed by atoms with Crippen molar-refractivity contribution in [2.75, 3.05) is 12.4 Å². The molecule has 0 radical (unpaired) electrons. The monoisotopic (exact) mass is 329 g/mol. The number of aromatic nitrogens is 3. The Kier molecular flexibility index (Phi) is 4.69. The Labute approximate surface area is 141 Å². The van der Waals surface area contributed by atoms with Gasteiger partial charge in [0, 0.05) is 24.7 Å². The molecule has 2 heterocycles. The van der Waals surface area contributed by atoms with E-state index in [1.165, 1.54) is 0 Å². The highest BCUT2D eigenvalue weighted by atomic mass is 16.5. The maximum absolute atomic E-state index is 12.4. The van der Waals surface area contributed by atoms with Crippen LogP contribution in [0.15, 0.2) is 24.3 Å². The van der Waals surface area contributed by atoms with E-state index in [9.17, 15) is 4.79 Å². The minimum Gasteiger partial charge on any atom is -0.497 e. The van der Waals surface area contributed by atoms with E-state index < -0.39 is 0 Å². The first-order valence-electron chi connectivity index (χ1n) is 8.22. The second-order valence-corrected chi connectivity index (χ2v) is 6.28. The molecule has 2 amide bonds. The van der Waals surface area contributed by atoms with Crippen LogP contribution in [0.3, 0.4) is 0 Å². The number of hydrogen-bond acceptors (Lipinski definition) is 4. The molecule has 0 unspecified atom stereocenters. The molecular formula is C17H23N5O2. The summed E-state index contributed by atoms with van der Waals surface area (Å²) in [5.74, 6) is 2.74. The van der Waals surface area contributed by atoms with Gasteiger partial charge in [-0.15, -0.1) is 10.2 Å². The predicted molar refractivity (Wildman–Crippen MR) is 91.1 cm³/mol. The molecule has 0 spiro atoms. The van der Waals surface area contributed by atoms with Crippen molar-refractivity contribution in [3.8, 4) is 5.75 Å². The minimum absolute atomic E-state index is 0.185. The molecule has 0 saturated heterocycles. The topological polar surface area (TPSA) is 81.1 Å². The van der Waals surface area contributed by atoms with Crippen molar-refractivity contribution in [2.45, 2.75) is 39.3 Å². The maximum Gasteiger partial charge on any atom is 0.319 e. The number of benzene rings is 1. The van der Waals surface area contributed by atoms with E-state index in [0.29, 0.717) is 11.4 Å². The summed E-state index contributed by atoms with van der Waals surface area (Å²) in [6, 6.07) is 6.81. The number of carbonyl (C=O) groups excluding carboxylic acids is 1. The second-order valence-electron chi connectivity index (χ2n) is 6.28. The van der Waals surface area contributed by atoms with Crippen molar-refractivity contribution in [1.29, 1.82) is 0 Å². The fraction of sp³-hybridized carbons (Fsp3) is 0.471. The Balaban J connectivity index is 1.72. The first-order chi connectivity index (χ1) is 11.6. The largest absolute Gasteiger partial charge is 0.497 e. The van der Waals surface area contributed by atoms with Gasteiger partial charge in [-0.25, -0.2) is 4.79 Å². The third-order valence-corrected chi connectivity index (χ3v) is 4.20. The molecule has 1 aromatic heterocycles. The minimum atomic E-state index is -0.266. The normalized spacial score (nSPS) is 14.3. The van der Waals surface area contributed by atoms with Gasteiger partial charge in [-0.05, 0) is 24.5 Å². The van der Waals surface area contributed by atoms with E-state index in [1.54, 1.807) is 13.2 Å². The number of fused-ring (bicyclic) bond motifs is 1. The fourth-order valence-electron chi connectivity index (χ4n) is 2.94. The van der Waals surface area contributed by atoms with Gasteiger partial charge in [-0.3, -0.25) is 0 Å². The number of anilines is 1. The van der Waals surface area contributed by atoms with Gasteiger partial charge in [0.25, 0.3) is 0 Å². The molecular weight excluding hydrogens is 306 g/mol. The molecule has 1 aromatic carbocycles. The van der Waals surface area contributed by atoms with E-state index in [2.05, 4.69) is 39.2 Å². The summed E-state index contributed by atoms with van der Waals surface area (Å²) in [7, 11) is 1.60. The summed E-state index contributed by atoms with van der Waals surface area (Å²) < 4.78 is 7.29. The molecule has 1 aliphatic rings. The average Bonchev–Trinajstić information content (AvgIpc) is 3.16. The van der Waals surface area contributed by atoms with Crippen LogP contribution in [-0.2, 0) is 13.0 Å². The Morgan fingerprint density at radius 1 is 1.33 bits per heavy atom. The van der Waals surface area contributed by atoms with Crippen LogP contribution >= 0.6 is 0 Å². The summed E-state index contributed by atoms with van der Waals surface area (Å²) in [5, 5.41) is 14.4. The SMILES string of the molecule is COc1cccc(NC(=O)N[C@H](c2nnc3n2CCC3)C(C)C)c1. The molecule has 1 aliphatic heterocycles. The number of aryl methyl sites for hydroxylation is 1. The zero-order chi connectivity index (χ0) is 17.1. The molecule has 2 aromatic rings. The van der Waals surface area contributed by atoms with Crippen LogP contribution in [0.1, 0.15) is 38.0 Å². The Hall–Kier alpha value is -2.57. The van der Waals surface area contributed by atoms with Crippen LogP contribution in [0.2, 0.25) is 0 Å². The molecule has 0 fully saturated rings. The number of urea groups is 1. The van der Waals surface area contributed by atoms with E-state index in [4.69, 9.17) is 4.74 Å². The standard InChI is InChI=1S/C17H23N5O2/c1-11(2)15(16-21-20-14-8-5-9-22(14)16)19-17(23)18-12-6-4-7-13(10-12)24-3/h4,6-7,10-11,15H,5,8-9H2,1-3H3,(H2,18,19,23)/t15-/m0/s1. The van der Waals surface area contributed by atoms with Crippen LogP contribution in [0.25, 0.3) is 0 Å². The number of carbonyl (C=O) groups is 1. The number of nitrogens with zero attached hydrogens (tertiary/aromatic N) is 3. The molecule has 1 atom stereocenters. The van der Waals surface area contributed by atoms with Crippen molar-refractivity contribution < 1.29 is 9.53 Å². The first-order valence-corrected chi connectivity index (χ1v) is 8.22. The van der Waals surface area contributed by atoms with Crippen LogP contribution in [-0.4, -0.2) is 27.9 Å². The van der Waals surface area contributed by atoms with Gasteiger partial charge in [0.15, 0.2) is 5.82 Å². The Morgan fingerprint density at radius 3 is 2.92 bits per heavy atom. The second kappa shape index (κ2) is 6.90. The number of hydrogen-bond donors (Lipinski definition) is 2. The molecule has 3 rings (SSSR count). The molecule has 24 heavy (non-hydrogen) atoms. The summed E-state index contributed by atoms with van der Waals surface area (Å²) >= 11 is 0. The smallest absolute Gasteiger partial charge is 0.319 e. The van der Waals surface area contributed by atoms with Crippen LogP contribution in [0.4, 0.5) is 10.5 Å². The highest BCUT2D eigenvalue weighted by Gasteiger charge is 2.27. The number of methoxy groups -OCH3 is 1. The highest BCUT2D eigenvalue weighted by Crippen LogP contribution is 2.25. The Morgan fingerprint density at radius 2 is 2.17 bits per heavy atom. The maximum atomic E-state index is 12.4. The highest BCUT2D eigenvalue weighted by molar-refractivity contribution is 5.89. The van der Waals surface area contributed by atoms with Gasteiger partial charge in [-0.1, -0.05) is 19.9 Å². The zero-order valence-electron chi connectivity index (χ0n) is 14.2. The van der Waals surface area contributed by atoms with Crippen molar-refractivity contribution >= 4 is 11.7 Å². The Bertz CT molecular complexity index is 726. The number of nitrogens with one attached hydrogen (secondary N) is 2. The van der Waals surface area contributed by atoms with Crippen molar-refractivity contribution in [1.82, 2.24) is 20.1 Å². The lowest BCUT2D eigenvalue weighted by molar-refractivity contribution is 0.243. The van der Waals surface area contributed by atoms with Crippen LogP contribution in [0.5, 0.6) is 5.75 Å². The lowest BCUT2D eigenvalue weighted by Crippen LogP contribution is -2.36. The number of rotatable bonds is 5. The first kappa shape index (κ1) is 16.3. The lowest BCUT2D eigenvalue weighted by atomic mass is 10.0. The van der Waals surface area contributed by atoms with Gasteiger partial charge in [-0.2, -0.15) is 0 Å². The van der Waals surface area contributed by atoms with Gasteiger partial charge < -0.3 is 19.9 Å². The predicted octanol–water partition coefficient (Wildman–Crippen LogP) is 2.75. The van der Waals surface area contributed by atoms with Crippen molar-refractivity contribution in [3.63, 3.8) is 0 Å². The van der Waals surface area contributed by atoms with E-state index in [0.717, 1.165) is 31.0 Å². The molecule has 0 bridgehead atoms. The average molecular weight is 329 g/mol. The van der Waals surface area contributed by atoms with Crippen LogP contribution in [0, 0.1) is 5.92 Å². The molecule has 7 heteroatoms. The van der Waals surface area contributed by atoms with E-state index >= 15 is 0 Å². The van der Waals surface area contributed by atoms with Crippen LogP contribution < -0.4 is 15.4 Å². The lowest BCUT2D eigenvalue weighted by Gasteiger charge is -2.22. The summed E-state index contributed by atoms with van der Waals surface area (Å²) in [6.45, 7) is 5.04. The molecule has 7 nitrogen and oxygen atoms in total. The van der Waals surface area contributed by atoms with Crippen molar-refractivity contribution in [2.24, 2.45) is 5.92 Å². The van der Waals surface area contributed by atoms with Gasteiger partial charge in [0.2, 0.25) is 0 Å². The molecule has 128 valence electrons. The molecule has 2 N–H and O–H groups in total. The zero-order valence-corrected chi connectivity index (χ0v) is 14.2. The third kappa shape index (κ3) is 3.34. The van der Waals surface area contributed by atoms with Gasteiger partial charge in [0.05, 0.1) is 13.2 Å². The van der Waals surface area contributed by atoms with E-state index in [1.807, 2.05) is 18.2 Å².